The van der Waals surface area contributed by atoms with E-state index in [9.17, 15) is 14.7 Å². The second-order valence-electron chi connectivity index (χ2n) is 5.73. The van der Waals surface area contributed by atoms with Crippen molar-refractivity contribution in [2.75, 3.05) is 6.61 Å². The number of hydrogen-bond donors (Lipinski definition) is 2. The SMILES string of the molecule is CCOc1cc(/C=C(/NC(C)=O)C(=O)O)cc(Cl)c1OCc1cccc(I)c1. The third kappa shape index (κ3) is 6.42. The first kappa shape index (κ1) is 22.0. The molecule has 0 saturated carbocycles. The number of halogens is 2. The maximum absolute atomic E-state index is 11.3. The molecule has 6 nitrogen and oxygen atoms in total. The Balaban J connectivity index is 2.34. The molecule has 0 aliphatic rings. The van der Waals surface area contributed by atoms with Gasteiger partial charge in [-0.3, -0.25) is 4.79 Å². The number of carboxylic acids is 1. The van der Waals surface area contributed by atoms with Gasteiger partial charge in [-0.05, 0) is 71.0 Å². The lowest BCUT2D eigenvalue weighted by Crippen LogP contribution is -2.24. The van der Waals surface area contributed by atoms with Crippen LogP contribution in [0.3, 0.4) is 0 Å². The summed E-state index contributed by atoms with van der Waals surface area (Å²) >= 11 is 8.59. The van der Waals surface area contributed by atoms with Gasteiger partial charge < -0.3 is 19.9 Å². The molecule has 0 radical (unpaired) electrons. The van der Waals surface area contributed by atoms with E-state index in [4.69, 9.17) is 21.1 Å². The van der Waals surface area contributed by atoms with Crippen molar-refractivity contribution in [2.45, 2.75) is 20.5 Å². The average molecular weight is 516 g/mol. The van der Waals surface area contributed by atoms with E-state index >= 15 is 0 Å². The van der Waals surface area contributed by atoms with E-state index in [2.05, 4.69) is 27.9 Å². The van der Waals surface area contributed by atoms with Crippen molar-refractivity contribution in [3.05, 3.63) is 61.8 Å². The number of carbonyl (C=O) groups is 2. The molecule has 2 aromatic carbocycles. The molecule has 0 aromatic heterocycles. The molecule has 0 aliphatic carbocycles. The van der Waals surface area contributed by atoms with Crippen molar-refractivity contribution >= 4 is 52.1 Å². The zero-order valence-corrected chi connectivity index (χ0v) is 18.2. The highest BCUT2D eigenvalue weighted by atomic mass is 127. The van der Waals surface area contributed by atoms with Gasteiger partial charge in [-0.15, -0.1) is 0 Å². The molecule has 148 valence electrons. The van der Waals surface area contributed by atoms with Crippen LogP contribution in [0.2, 0.25) is 5.02 Å². The fourth-order valence-electron chi connectivity index (χ4n) is 2.36. The molecule has 1 amide bonds. The third-order valence-corrected chi connectivity index (χ3v) is 4.41. The molecular weight excluding hydrogens is 497 g/mol. The number of hydrogen-bond acceptors (Lipinski definition) is 4. The minimum Gasteiger partial charge on any atom is -0.490 e. The lowest BCUT2D eigenvalue weighted by atomic mass is 10.1. The largest absolute Gasteiger partial charge is 0.490 e. The van der Waals surface area contributed by atoms with Gasteiger partial charge in [0.2, 0.25) is 5.91 Å². The van der Waals surface area contributed by atoms with E-state index < -0.39 is 11.9 Å². The summed E-state index contributed by atoms with van der Waals surface area (Å²) in [7, 11) is 0. The van der Waals surface area contributed by atoms with Gasteiger partial charge >= 0.3 is 5.97 Å². The van der Waals surface area contributed by atoms with Crippen LogP contribution < -0.4 is 14.8 Å². The van der Waals surface area contributed by atoms with E-state index in [0.29, 0.717) is 30.3 Å². The molecule has 2 N–H and O–H groups in total. The maximum atomic E-state index is 11.3. The number of carbonyl (C=O) groups excluding carboxylic acids is 1. The normalized spacial score (nSPS) is 11.1. The molecule has 0 fully saturated rings. The predicted molar refractivity (Wildman–Crippen MR) is 116 cm³/mol. The van der Waals surface area contributed by atoms with Gasteiger partial charge in [-0.25, -0.2) is 4.79 Å². The summed E-state index contributed by atoms with van der Waals surface area (Å²) in [6.45, 7) is 3.73. The van der Waals surface area contributed by atoms with Crippen molar-refractivity contribution in [2.24, 2.45) is 0 Å². The summed E-state index contributed by atoms with van der Waals surface area (Å²) in [6, 6.07) is 11.0. The molecule has 2 aromatic rings. The minimum atomic E-state index is -1.26. The smallest absolute Gasteiger partial charge is 0.352 e. The van der Waals surface area contributed by atoms with Crippen molar-refractivity contribution in [3.63, 3.8) is 0 Å². The highest BCUT2D eigenvalue weighted by Gasteiger charge is 2.15. The molecule has 0 atom stereocenters. The molecule has 2 rings (SSSR count). The summed E-state index contributed by atoms with van der Waals surface area (Å²) in [4.78, 5) is 22.5. The summed E-state index contributed by atoms with van der Waals surface area (Å²) in [5, 5.41) is 11.8. The van der Waals surface area contributed by atoms with E-state index in [0.717, 1.165) is 9.13 Å². The molecule has 0 heterocycles. The van der Waals surface area contributed by atoms with Gasteiger partial charge in [0.05, 0.1) is 11.6 Å². The van der Waals surface area contributed by atoms with Crippen molar-refractivity contribution in [1.29, 1.82) is 0 Å². The lowest BCUT2D eigenvalue weighted by Gasteiger charge is -2.15. The van der Waals surface area contributed by atoms with Crippen LogP contribution in [0.4, 0.5) is 0 Å². The maximum Gasteiger partial charge on any atom is 0.352 e. The summed E-state index contributed by atoms with van der Waals surface area (Å²) in [6.07, 6.45) is 1.31. The first-order valence-electron chi connectivity index (χ1n) is 8.36. The first-order chi connectivity index (χ1) is 13.3. The summed E-state index contributed by atoms with van der Waals surface area (Å²) < 4.78 is 12.6. The van der Waals surface area contributed by atoms with Crippen LogP contribution in [-0.4, -0.2) is 23.6 Å². The van der Waals surface area contributed by atoms with Crippen molar-refractivity contribution in [1.82, 2.24) is 5.32 Å². The molecule has 0 bridgehead atoms. The Bertz CT molecular complexity index is 913. The molecule has 0 unspecified atom stereocenters. The number of aliphatic carboxylic acids is 1. The predicted octanol–water partition coefficient (Wildman–Crippen LogP) is 4.48. The number of rotatable bonds is 8. The van der Waals surface area contributed by atoms with Crippen LogP contribution in [0.5, 0.6) is 11.5 Å². The highest BCUT2D eigenvalue weighted by Crippen LogP contribution is 2.37. The third-order valence-electron chi connectivity index (χ3n) is 3.46. The van der Waals surface area contributed by atoms with E-state index in [-0.39, 0.29) is 10.7 Å². The minimum absolute atomic E-state index is 0.265. The fourth-order valence-corrected chi connectivity index (χ4v) is 3.25. The Morgan fingerprint density at radius 2 is 2.00 bits per heavy atom. The number of benzene rings is 2. The number of ether oxygens (including phenoxy) is 2. The standard InChI is InChI=1S/C20H19ClINO5/c1-3-27-18-10-14(9-17(20(25)26)23-12(2)24)8-16(21)19(18)28-11-13-5-4-6-15(22)7-13/h4-10H,3,11H2,1-2H3,(H,23,24)(H,25,26)/b17-9+. The Labute approximate surface area is 181 Å². The van der Waals surface area contributed by atoms with E-state index in [1.165, 1.54) is 13.0 Å². The van der Waals surface area contributed by atoms with Gasteiger partial charge in [0, 0.05) is 10.5 Å². The van der Waals surface area contributed by atoms with Crippen LogP contribution in [0.15, 0.2) is 42.1 Å². The zero-order valence-electron chi connectivity index (χ0n) is 15.3. The second-order valence-corrected chi connectivity index (χ2v) is 7.38. The Kier molecular flexibility index (Phi) is 8.13. The average Bonchev–Trinajstić information content (AvgIpc) is 2.60. The summed E-state index contributed by atoms with van der Waals surface area (Å²) in [5.41, 5.74) is 1.17. The zero-order chi connectivity index (χ0) is 20.7. The Morgan fingerprint density at radius 3 is 2.61 bits per heavy atom. The van der Waals surface area contributed by atoms with Gasteiger partial charge in [0.25, 0.3) is 0 Å². The van der Waals surface area contributed by atoms with E-state index in [1.54, 1.807) is 12.1 Å². The van der Waals surface area contributed by atoms with Crippen LogP contribution in [0, 0.1) is 3.57 Å². The summed E-state index contributed by atoms with van der Waals surface area (Å²) in [5.74, 6) is -0.985. The molecule has 0 saturated heterocycles. The number of nitrogens with one attached hydrogen (secondary N) is 1. The van der Waals surface area contributed by atoms with E-state index in [1.807, 2.05) is 31.2 Å². The monoisotopic (exact) mass is 515 g/mol. The highest BCUT2D eigenvalue weighted by molar-refractivity contribution is 14.1. The Hall–Kier alpha value is -2.26. The fraction of sp³-hybridized carbons (Fsp3) is 0.200. The van der Waals surface area contributed by atoms with Gasteiger partial charge in [-0.2, -0.15) is 0 Å². The lowest BCUT2D eigenvalue weighted by molar-refractivity contribution is -0.134. The second kappa shape index (κ2) is 10.3. The Morgan fingerprint density at radius 1 is 1.25 bits per heavy atom. The number of amides is 1. The van der Waals surface area contributed by atoms with Crippen molar-refractivity contribution < 1.29 is 24.2 Å². The molecular formula is C20H19ClINO5. The molecule has 0 spiro atoms. The topological polar surface area (TPSA) is 84.9 Å². The van der Waals surface area contributed by atoms with Gasteiger partial charge in [0.15, 0.2) is 11.5 Å². The van der Waals surface area contributed by atoms with Crippen LogP contribution >= 0.6 is 34.2 Å². The quantitative estimate of drug-likeness (QED) is 0.400. The number of carboxylic acid groups (broad SMARTS) is 1. The van der Waals surface area contributed by atoms with Crippen molar-refractivity contribution in [3.8, 4) is 11.5 Å². The van der Waals surface area contributed by atoms with Gasteiger partial charge in [0.1, 0.15) is 12.3 Å². The molecule has 28 heavy (non-hydrogen) atoms. The first-order valence-corrected chi connectivity index (χ1v) is 9.82. The molecule has 0 aliphatic heterocycles. The van der Waals surface area contributed by atoms with Crippen LogP contribution in [0.1, 0.15) is 25.0 Å². The van der Waals surface area contributed by atoms with Crippen LogP contribution in [0.25, 0.3) is 6.08 Å². The molecule has 8 heteroatoms. The van der Waals surface area contributed by atoms with Gasteiger partial charge in [-0.1, -0.05) is 23.7 Å². The van der Waals surface area contributed by atoms with Crippen LogP contribution in [-0.2, 0) is 16.2 Å².